The van der Waals surface area contributed by atoms with Gasteiger partial charge in [-0.1, -0.05) is 22.0 Å². The molecule has 0 heterocycles. The van der Waals surface area contributed by atoms with Gasteiger partial charge in [0.25, 0.3) is 0 Å². The van der Waals surface area contributed by atoms with Crippen LogP contribution in [0.25, 0.3) is 0 Å². The van der Waals surface area contributed by atoms with Crippen molar-refractivity contribution >= 4 is 15.9 Å². The maximum atomic E-state index is 5.06. The molecule has 0 N–H and O–H groups in total. The summed E-state index contributed by atoms with van der Waals surface area (Å²) in [5.74, 6) is 0.849. The van der Waals surface area contributed by atoms with E-state index in [-0.39, 0.29) is 0 Å². The van der Waals surface area contributed by atoms with Gasteiger partial charge in [0, 0.05) is 11.6 Å². The second-order valence-electron chi connectivity index (χ2n) is 2.39. The molecule has 0 unspecified atom stereocenters. The molecule has 1 rings (SSSR count). The molecule has 0 radical (unpaired) electrons. The second-order valence-corrected chi connectivity index (χ2v) is 3.24. The molecule has 0 bridgehead atoms. The number of rotatable bonds is 3. The summed E-state index contributed by atoms with van der Waals surface area (Å²) in [6, 6.07) is 5.82. The Hall–Kier alpha value is -0.540. The number of halogens is 1. The molecule has 1 aromatic carbocycles. The zero-order chi connectivity index (χ0) is 8.97. The van der Waals surface area contributed by atoms with Gasteiger partial charge in [-0.3, -0.25) is 0 Å². The molecule has 0 saturated heterocycles. The average Bonchev–Trinajstić information content (AvgIpc) is 2.09. The Morgan fingerprint density at radius 3 is 2.58 bits per heavy atom. The van der Waals surface area contributed by atoms with E-state index < -0.39 is 0 Å². The van der Waals surface area contributed by atoms with E-state index in [2.05, 4.69) is 15.9 Å². The highest BCUT2D eigenvalue weighted by Gasteiger charge is 2.00. The lowest BCUT2D eigenvalue weighted by Crippen LogP contribution is -1.90. The smallest absolute Gasteiger partial charge is 0.120 e. The van der Waals surface area contributed by atoms with Gasteiger partial charge in [0.05, 0.1) is 13.7 Å². The van der Waals surface area contributed by atoms with E-state index in [0.29, 0.717) is 6.61 Å². The van der Waals surface area contributed by atoms with Crippen molar-refractivity contribution in [3.05, 3.63) is 28.2 Å². The summed E-state index contributed by atoms with van der Waals surface area (Å²) in [6.45, 7) is 0.616. The summed E-state index contributed by atoms with van der Waals surface area (Å²) in [5.41, 5.74) is 1.12. The number of hydrogen-bond acceptors (Lipinski definition) is 2. The van der Waals surface area contributed by atoms with E-state index in [9.17, 15) is 0 Å². The predicted octanol–water partition coefficient (Wildman–Crippen LogP) is 2.60. The van der Waals surface area contributed by atoms with E-state index in [1.54, 1.807) is 14.2 Å². The lowest BCUT2D eigenvalue weighted by molar-refractivity contribution is 0.184. The molecular formula is C9H11BrO2. The van der Waals surface area contributed by atoms with Crippen molar-refractivity contribution in [3.63, 3.8) is 0 Å². The van der Waals surface area contributed by atoms with Gasteiger partial charge in [-0.05, 0) is 17.7 Å². The fraction of sp³-hybridized carbons (Fsp3) is 0.333. The van der Waals surface area contributed by atoms with Crippen LogP contribution in [0, 0.1) is 0 Å². The number of benzene rings is 1. The van der Waals surface area contributed by atoms with Crippen molar-refractivity contribution in [3.8, 4) is 5.75 Å². The first-order chi connectivity index (χ1) is 5.77. The van der Waals surface area contributed by atoms with Crippen LogP contribution in [0.4, 0.5) is 0 Å². The Bertz CT molecular complexity index is 261. The zero-order valence-electron chi connectivity index (χ0n) is 7.13. The Labute approximate surface area is 80.6 Å². The molecular weight excluding hydrogens is 220 g/mol. The van der Waals surface area contributed by atoms with Gasteiger partial charge in [0.15, 0.2) is 0 Å². The Morgan fingerprint density at radius 1 is 1.33 bits per heavy atom. The Kier molecular flexibility index (Phi) is 3.56. The van der Waals surface area contributed by atoms with Crippen molar-refractivity contribution in [2.45, 2.75) is 6.61 Å². The molecule has 2 nitrogen and oxygen atoms in total. The summed E-state index contributed by atoms with van der Waals surface area (Å²) < 4.78 is 11.1. The van der Waals surface area contributed by atoms with Crippen LogP contribution in [0.3, 0.4) is 0 Å². The monoisotopic (exact) mass is 230 g/mol. The van der Waals surface area contributed by atoms with Crippen LogP contribution >= 0.6 is 15.9 Å². The molecule has 3 heteroatoms. The van der Waals surface area contributed by atoms with Crippen molar-refractivity contribution in [2.24, 2.45) is 0 Å². The molecule has 0 atom stereocenters. The average molecular weight is 231 g/mol. The maximum Gasteiger partial charge on any atom is 0.120 e. The number of hydrogen-bond donors (Lipinski definition) is 0. The fourth-order valence-electron chi connectivity index (χ4n) is 0.928. The minimum atomic E-state index is 0.616. The van der Waals surface area contributed by atoms with Gasteiger partial charge < -0.3 is 9.47 Å². The molecule has 0 aliphatic carbocycles. The Balaban J connectivity index is 2.87. The third-order valence-corrected chi connectivity index (χ3v) is 2.30. The van der Waals surface area contributed by atoms with Gasteiger partial charge in [0.2, 0.25) is 0 Å². The maximum absolute atomic E-state index is 5.06. The lowest BCUT2D eigenvalue weighted by atomic mass is 10.2. The van der Waals surface area contributed by atoms with Crippen LogP contribution in [0.2, 0.25) is 0 Å². The predicted molar refractivity (Wildman–Crippen MR) is 51.4 cm³/mol. The summed E-state index contributed by atoms with van der Waals surface area (Å²) >= 11 is 3.43. The second kappa shape index (κ2) is 4.48. The molecule has 1 aromatic rings. The summed E-state index contributed by atoms with van der Waals surface area (Å²) in [6.07, 6.45) is 0. The van der Waals surface area contributed by atoms with Crippen molar-refractivity contribution < 1.29 is 9.47 Å². The minimum absolute atomic E-state index is 0.616. The highest BCUT2D eigenvalue weighted by Crippen LogP contribution is 2.23. The first kappa shape index (κ1) is 9.55. The first-order valence-corrected chi connectivity index (χ1v) is 4.38. The molecule has 0 saturated carbocycles. The van der Waals surface area contributed by atoms with E-state index in [4.69, 9.17) is 9.47 Å². The van der Waals surface area contributed by atoms with Crippen LogP contribution in [0.15, 0.2) is 22.7 Å². The quantitative estimate of drug-likeness (QED) is 0.795. The molecule has 66 valence electrons. The molecule has 0 amide bonds. The molecule has 0 aromatic heterocycles. The van der Waals surface area contributed by atoms with Gasteiger partial charge >= 0.3 is 0 Å². The molecule has 0 spiro atoms. The van der Waals surface area contributed by atoms with Crippen LogP contribution < -0.4 is 4.74 Å². The summed E-state index contributed by atoms with van der Waals surface area (Å²) in [4.78, 5) is 0. The van der Waals surface area contributed by atoms with Crippen LogP contribution in [-0.4, -0.2) is 14.2 Å². The third kappa shape index (κ3) is 2.22. The number of methoxy groups -OCH3 is 2. The highest BCUT2D eigenvalue weighted by molar-refractivity contribution is 9.10. The van der Waals surface area contributed by atoms with Crippen LogP contribution in [0.1, 0.15) is 5.56 Å². The minimum Gasteiger partial charge on any atom is -0.497 e. The lowest BCUT2D eigenvalue weighted by Gasteiger charge is -2.05. The normalized spacial score (nSPS) is 9.92. The Morgan fingerprint density at radius 2 is 2.08 bits per heavy atom. The number of ether oxygens (including phenoxy) is 2. The molecule has 0 fully saturated rings. The van der Waals surface area contributed by atoms with Crippen molar-refractivity contribution in [2.75, 3.05) is 14.2 Å². The van der Waals surface area contributed by atoms with E-state index >= 15 is 0 Å². The van der Waals surface area contributed by atoms with Gasteiger partial charge in [-0.2, -0.15) is 0 Å². The van der Waals surface area contributed by atoms with E-state index in [0.717, 1.165) is 15.8 Å². The molecule has 12 heavy (non-hydrogen) atoms. The van der Waals surface area contributed by atoms with Gasteiger partial charge in [-0.25, -0.2) is 0 Å². The van der Waals surface area contributed by atoms with Crippen molar-refractivity contribution in [1.29, 1.82) is 0 Å². The summed E-state index contributed by atoms with van der Waals surface area (Å²) in [5, 5.41) is 0. The standard InChI is InChI=1S/C9H11BrO2/c1-11-6-7-3-4-8(12-2)5-9(7)10/h3-5H,6H2,1-2H3. The summed E-state index contributed by atoms with van der Waals surface area (Å²) in [7, 11) is 3.33. The SMILES string of the molecule is COCc1ccc(OC)cc1Br. The van der Waals surface area contributed by atoms with Gasteiger partial charge in [-0.15, -0.1) is 0 Å². The first-order valence-electron chi connectivity index (χ1n) is 3.59. The van der Waals surface area contributed by atoms with E-state index in [1.165, 1.54) is 0 Å². The highest BCUT2D eigenvalue weighted by atomic mass is 79.9. The van der Waals surface area contributed by atoms with E-state index in [1.807, 2.05) is 18.2 Å². The molecule has 0 aliphatic rings. The van der Waals surface area contributed by atoms with Crippen molar-refractivity contribution in [1.82, 2.24) is 0 Å². The van der Waals surface area contributed by atoms with Crippen LogP contribution in [0.5, 0.6) is 5.75 Å². The molecule has 0 aliphatic heterocycles. The van der Waals surface area contributed by atoms with Gasteiger partial charge in [0.1, 0.15) is 5.75 Å². The largest absolute Gasteiger partial charge is 0.497 e. The fourth-order valence-corrected chi connectivity index (χ4v) is 1.40. The topological polar surface area (TPSA) is 18.5 Å². The third-order valence-electron chi connectivity index (χ3n) is 1.56. The zero-order valence-corrected chi connectivity index (χ0v) is 8.72. The van der Waals surface area contributed by atoms with Crippen LogP contribution in [-0.2, 0) is 11.3 Å².